The van der Waals surface area contributed by atoms with Crippen molar-refractivity contribution in [3.8, 4) is 6.07 Å². The fraction of sp³-hybridized carbons (Fsp3) is 0.150. The van der Waals surface area contributed by atoms with E-state index in [4.69, 9.17) is 0 Å². The molecule has 0 aliphatic heterocycles. The summed E-state index contributed by atoms with van der Waals surface area (Å²) in [5.41, 5.74) is 3.77. The van der Waals surface area contributed by atoms with E-state index < -0.39 is 11.9 Å². The molecule has 4 rings (SSSR count). The van der Waals surface area contributed by atoms with Gasteiger partial charge in [0.2, 0.25) is 0 Å². The van der Waals surface area contributed by atoms with Crippen molar-refractivity contribution in [3.05, 3.63) is 71.4 Å². The molecule has 2 unspecified atom stereocenters. The van der Waals surface area contributed by atoms with Crippen LogP contribution in [-0.4, -0.2) is 16.1 Å². The second-order valence-electron chi connectivity index (χ2n) is 6.13. The average molecular weight is 329 g/mol. The number of nitriles is 1. The van der Waals surface area contributed by atoms with Crippen LogP contribution < -0.4 is 5.32 Å². The Hall–Kier alpha value is -3.39. The Labute approximate surface area is 144 Å². The summed E-state index contributed by atoms with van der Waals surface area (Å²) < 4.78 is 0. The molecule has 0 saturated heterocycles. The summed E-state index contributed by atoms with van der Waals surface area (Å²) in [7, 11) is 0. The number of carboxylic acid groups (broad SMARTS) is 1. The van der Waals surface area contributed by atoms with Gasteiger partial charge in [0.15, 0.2) is 0 Å². The van der Waals surface area contributed by atoms with Gasteiger partial charge in [0.1, 0.15) is 6.07 Å². The molecule has 1 aromatic heterocycles. The van der Waals surface area contributed by atoms with Gasteiger partial charge < -0.3 is 10.4 Å². The maximum absolute atomic E-state index is 11.6. The maximum Gasteiger partial charge on any atom is 0.311 e. The number of carbonyl (C=O) groups is 1. The van der Waals surface area contributed by atoms with Gasteiger partial charge in [-0.25, -0.2) is 0 Å². The van der Waals surface area contributed by atoms with E-state index >= 15 is 0 Å². The number of pyridine rings is 1. The van der Waals surface area contributed by atoms with E-state index in [1.165, 1.54) is 0 Å². The van der Waals surface area contributed by atoms with Crippen LogP contribution in [0.2, 0.25) is 0 Å². The smallest absolute Gasteiger partial charge is 0.311 e. The normalized spacial score (nSPS) is 18.5. The number of fused-ring (bicyclic) bond motifs is 2. The molecular formula is C20H15N3O2. The second-order valence-corrected chi connectivity index (χ2v) is 6.13. The van der Waals surface area contributed by atoms with Crippen LogP contribution in [0.25, 0.3) is 10.9 Å². The van der Waals surface area contributed by atoms with Crippen molar-refractivity contribution < 1.29 is 9.90 Å². The van der Waals surface area contributed by atoms with Crippen molar-refractivity contribution in [2.75, 3.05) is 5.32 Å². The molecular weight excluding hydrogens is 314 g/mol. The van der Waals surface area contributed by atoms with Gasteiger partial charge in [-0.2, -0.15) is 5.26 Å². The van der Waals surface area contributed by atoms with Crippen molar-refractivity contribution in [1.82, 2.24) is 4.98 Å². The number of aromatic nitrogens is 1. The Morgan fingerprint density at radius 2 is 1.88 bits per heavy atom. The van der Waals surface area contributed by atoms with E-state index in [2.05, 4.69) is 16.4 Å². The zero-order valence-electron chi connectivity index (χ0n) is 13.3. The summed E-state index contributed by atoms with van der Waals surface area (Å²) in [6.45, 7) is 0. The SMILES string of the molecule is N#Cc1cnc2ccccc2c1NC1CC(C(=O)O)c2ccccc21. The van der Waals surface area contributed by atoms with E-state index in [0.29, 0.717) is 17.7 Å². The van der Waals surface area contributed by atoms with E-state index in [9.17, 15) is 15.2 Å². The number of hydrogen-bond donors (Lipinski definition) is 2. The Morgan fingerprint density at radius 1 is 1.16 bits per heavy atom. The van der Waals surface area contributed by atoms with E-state index in [0.717, 1.165) is 22.0 Å². The molecule has 0 fully saturated rings. The monoisotopic (exact) mass is 329 g/mol. The predicted molar refractivity (Wildman–Crippen MR) is 94.3 cm³/mol. The lowest BCUT2D eigenvalue weighted by Crippen LogP contribution is -2.12. The second kappa shape index (κ2) is 5.91. The number of nitrogens with one attached hydrogen (secondary N) is 1. The quantitative estimate of drug-likeness (QED) is 0.762. The van der Waals surface area contributed by atoms with Crippen molar-refractivity contribution in [3.63, 3.8) is 0 Å². The molecule has 2 aromatic carbocycles. The molecule has 1 aliphatic carbocycles. The molecule has 3 aromatic rings. The van der Waals surface area contributed by atoms with Crippen molar-refractivity contribution in [1.29, 1.82) is 5.26 Å². The van der Waals surface area contributed by atoms with Gasteiger partial charge in [-0.15, -0.1) is 0 Å². The summed E-state index contributed by atoms with van der Waals surface area (Å²) in [5, 5.41) is 23.3. The minimum absolute atomic E-state index is 0.157. The van der Waals surface area contributed by atoms with Crippen LogP contribution in [0.3, 0.4) is 0 Å². The van der Waals surface area contributed by atoms with Crippen LogP contribution in [0.5, 0.6) is 0 Å². The van der Waals surface area contributed by atoms with E-state index in [1.807, 2.05) is 48.5 Å². The molecule has 0 saturated carbocycles. The summed E-state index contributed by atoms with van der Waals surface area (Å²) in [6.07, 6.45) is 2.01. The topological polar surface area (TPSA) is 86.0 Å². The van der Waals surface area contributed by atoms with Crippen LogP contribution >= 0.6 is 0 Å². The Morgan fingerprint density at radius 3 is 2.64 bits per heavy atom. The lowest BCUT2D eigenvalue weighted by Gasteiger charge is -2.18. The summed E-state index contributed by atoms with van der Waals surface area (Å²) >= 11 is 0. The number of anilines is 1. The number of benzene rings is 2. The van der Waals surface area contributed by atoms with E-state index in [1.54, 1.807) is 6.20 Å². The van der Waals surface area contributed by atoms with Crippen LogP contribution in [0.1, 0.15) is 35.1 Å². The standard InChI is InChI=1S/C20H15N3O2/c21-10-12-11-22-17-8-4-3-7-15(17)19(12)23-18-9-16(20(24)25)13-5-1-2-6-14(13)18/h1-8,11,16,18H,9H2,(H,22,23)(H,24,25). The fourth-order valence-electron chi connectivity index (χ4n) is 3.56. The first-order chi connectivity index (χ1) is 12.2. The van der Waals surface area contributed by atoms with Gasteiger partial charge >= 0.3 is 5.97 Å². The highest BCUT2D eigenvalue weighted by molar-refractivity contribution is 5.94. The number of aliphatic carboxylic acids is 1. The highest BCUT2D eigenvalue weighted by atomic mass is 16.4. The van der Waals surface area contributed by atoms with Crippen molar-refractivity contribution in [2.24, 2.45) is 0 Å². The summed E-state index contributed by atoms with van der Waals surface area (Å²) in [4.78, 5) is 15.9. The molecule has 5 nitrogen and oxygen atoms in total. The van der Waals surface area contributed by atoms with Crippen molar-refractivity contribution >= 4 is 22.6 Å². The number of para-hydroxylation sites is 1. The third kappa shape index (κ3) is 2.48. The third-order valence-corrected chi connectivity index (χ3v) is 4.73. The van der Waals surface area contributed by atoms with Gasteiger partial charge in [0, 0.05) is 11.6 Å². The number of rotatable bonds is 3. The van der Waals surface area contributed by atoms with E-state index in [-0.39, 0.29) is 6.04 Å². The number of nitrogens with zero attached hydrogens (tertiary/aromatic N) is 2. The number of carboxylic acids is 1. The minimum atomic E-state index is -0.822. The van der Waals surface area contributed by atoms with Gasteiger partial charge in [-0.3, -0.25) is 9.78 Å². The van der Waals surface area contributed by atoms with Crippen LogP contribution in [0, 0.1) is 11.3 Å². The third-order valence-electron chi connectivity index (χ3n) is 4.73. The molecule has 0 amide bonds. The van der Waals surface area contributed by atoms with Gasteiger partial charge in [0.05, 0.1) is 28.7 Å². The van der Waals surface area contributed by atoms with Gasteiger partial charge in [0.25, 0.3) is 0 Å². The summed E-state index contributed by atoms with van der Waals surface area (Å²) in [6, 6.07) is 17.2. The highest BCUT2D eigenvalue weighted by Gasteiger charge is 2.35. The number of hydrogen-bond acceptors (Lipinski definition) is 4. The lowest BCUT2D eigenvalue weighted by atomic mass is 10.0. The molecule has 2 atom stereocenters. The lowest BCUT2D eigenvalue weighted by molar-refractivity contribution is -0.138. The molecule has 0 bridgehead atoms. The molecule has 122 valence electrons. The molecule has 5 heteroatoms. The maximum atomic E-state index is 11.6. The van der Waals surface area contributed by atoms with Gasteiger partial charge in [-0.1, -0.05) is 42.5 Å². The minimum Gasteiger partial charge on any atom is -0.481 e. The zero-order valence-corrected chi connectivity index (χ0v) is 13.3. The largest absolute Gasteiger partial charge is 0.481 e. The fourth-order valence-corrected chi connectivity index (χ4v) is 3.56. The predicted octanol–water partition coefficient (Wildman–Crippen LogP) is 3.83. The first-order valence-corrected chi connectivity index (χ1v) is 8.05. The molecule has 1 heterocycles. The van der Waals surface area contributed by atoms with Crippen LogP contribution in [0.4, 0.5) is 5.69 Å². The molecule has 2 N–H and O–H groups in total. The zero-order chi connectivity index (χ0) is 17.4. The summed E-state index contributed by atoms with van der Waals surface area (Å²) in [5.74, 6) is -1.36. The van der Waals surface area contributed by atoms with Crippen molar-refractivity contribution in [2.45, 2.75) is 18.4 Å². The Balaban J connectivity index is 1.80. The highest BCUT2D eigenvalue weighted by Crippen LogP contribution is 2.43. The Bertz CT molecular complexity index is 1020. The molecule has 25 heavy (non-hydrogen) atoms. The molecule has 1 aliphatic rings. The Kier molecular flexibility index (Phi) is 3.58. The van der Waals surface area contributed by atoms with Crippen LogP contribution in [-0.2, 0) is 4.79 Å². The molecule has 0 radical (unpaired) electrons. The van der Waals surface area contributed by atoms with Crippen LogP contribution in [0.15, 0.2) is 54.7 Å². The first kappa shape index (κ1) is 15.2. The molecule has 0 spiro atoms. The first-order valence-electron chi connectivity index (χ1n) is 8.05. The van der Waals surface area contributed by atoms with Gasteiger partial charge in [-0.05, 0) is 23.6 Å². The average Bonchev–Trinajstić information content (AvgIpc) is 3.01.